The van der Waals surface area contributed by atoms with E-state index >= 15 is 0 Å². The van der Waals surface area contributed by atoms with E-state index in [9.17, 15) is 13.2 Å². The molecule has 0 spiro atoms. The van der Waals surface area contributed by atoms with Crippen LogP contribution in [0.25, 0.3) is 5.65 Å². The Morgan fingerprint density at radius 1 is 1.14 bits per heavy atom. The number of aromatic nitrogens is 3. The van der Waals surface area contributed by atoms with Crippen LogP contribution in [0.3, 0.4) is 0 Å². The van der Waals surface area contributed by atoms with E-state index in [1.165, 1.54) is 0 Å². The number of carbonyl (C=O) groups is 1. The van der Waals surface area contributed by atoms with Crippen molar-refractivity contribution in [3.8, 4) is 0 Å². The first-order chi connectivity index (χ1) is 17.4. The maximum atomic E-state index is 13.4. The van der Waals surface area contributed by atoms with Gasteiger partial charge in [-0.3, -0.25) is 4.79 Å². The van der Waals surface area contributed by atoms with Gasteiger partial charge in [-0.1, -0.05) is 32.6 Å². The lowest BCUT2D eigenvalue weighted by Gasteiger charge is -2.17. The van der Waals surface area contributed by atoms with Crippen LogP contribution in [0.4, 0.5) is 5.69 Å². The topological polar surface area (TPSA) is 123 Å². The second kappa shape index (κ2) is 11.9. The van der Waals surface area contributed by atoms with Crippen molar-refractivity contribution in [2.45, 2.75) is 63.3 Å². The quantitative estimate of drug-likeness (QED) is 0.337. The molecule has 3 aromatic rings. The number of nitrogens with zero attached hydrogens (tertiary/aromatic N) is 4. The summed E-state index contributed by atoms with van der Waals surface area (Å²) in [6.07, 6.45) is 11.6. The van der Waals surface area contributed by atoms with Crippen molar-refractivity contribution in [3.05, 3.63) is 53.5 Å². The zero-order valence-electron chi connectivity index (χ0n) is 20.9. The first-order valence-electron chi connectivity index (χ1n) is 12.8. The van der Waals surface area contributed by atoms with Crippen molar-refractivity contribution in [2.75, 3.05) is 30.3 Å². The van der Waals surface area contributed by atoms with E-state index < -0.39 is 9.84 Å². The van der Waals surface area contributed by atoms with Gasteiger partial charge >= 0.3 is 0 Å². The second-order valence-corrected chi connectivity index (χ2v) is 11.4. The van der Waals surface area contributed by atoms with Crippen LogP contribution in [-0.2, 0) is 22.8 Å². The molecule has 0 radical (unpaired) electrons. The number of benzene rings is 1. The first kappa shape index (κ1) is 26.2. The number of amides is 1. The van der Waals surface area contributed by atoms with Crippen LogP contribution in [0.2, 0.25) is 0 Å². The van der Waals surface area contributed by atoms with Crippen molar-refractivity contribution < 1.29 is 13.2 Å². The van der Waals surface area contributed by atoms with Crippen molar-refractivity contribution in [1.29, 1.82) is 0 Å². The van der Waals surface area contributed by atoms with E-state index in [4.69, 9.17) is 5.73 Å². The Hall–Kier alpha value is -2.82. The summed E-state index contributed by atoms with van der Waals surface area (Å²) in [6, 6.07) is 5.13. The number of rotatable bonds is 13. The SMILES string of the molecule is CCCCCCCS(=O)(=O)c1ccc2c(c1)CCN2C(=O)c1cnn2cc(CNCCCN)cnc12. The molecule has 1 aliphatic rings. The third kappa shape index (κ3) is 5.93. The Morgan fingerprint density at radius 3 is 2.78 bits per heavy atom. The molecule has 1 aliphatic heterocycles. The summed E-state index contributed by atoms with van der Waals surface area (Å²) in [4.78, 5) is 19.9. The van der Waals surface area contributed by atoms with E-state index in [1.807, 2.05) is 6.20 Å². The molecule has 1 aromatic carbocycles. The number of hydrogen-bond donors (Lipinski definition) is 2. The van der Waals surface area contributed by atoms with Crippen molar-refractivity contribution >= 4 is 27.1 Å². The molecule has 1 amide bonds. The highest BCUT2D eigenvalue weighted by atomic mass is 32.2. The summed E-state index contributed by atoms with van der Waals surface area (Å²) < 4.78 is 27.3. The molecule has 0 fully saturated rings. The van der Waals surface area contributed by atoms with E-state index in [2.05, 4.69) is 22.3 Å². The highest BCUT2D eigenvalue weighted by molar-refractivity contribution is 7.91. The number of nitrogens with two attached hydrogens (primary N) is 1. The molecule has 9 nitrogen and oxygen atoms in total. The molecule has 0 unspecified atom stereocenters. The molecule has 10 heteroatoms. The summed E-state index contributed by atoms with van der Waals surface area (Å²) in [6.45, 7) is 4.76. The van der Waals surface area contributed by atoms with Crippen molar-refractivity contribution in [3.63, 3.8) is 0 Å². The summed E-state index contributed by atoms with van der Waals surface area (Å²) in [5, 5.41) is 7.65. The minimum absolute atomic E-state index is 0.163. The summed E-state index contributed by atoms with van der Waals surface area (Å²) in [5.41, 5.74) is 9.05. The minimum Gasteiger partial charge on any atom is -0.330 e. The Morgan fingerprint density at radius 2 is 1.97 bits per heavy atom. The monoisotopic (exact) mass is 512 g/mol. The highest BCUT2D eigenvalue weighted by Gasteiger charge is 2.29. The normalized spacial score (nSPS) is 13.4. The number of anilines is 1. The maximum Gasteiger partial charge on any atom is 0.263 e. The van der Waals surface area contributed by atoms with Gasteiger partial charge in [0.2, 0.25) is 0 Å². The molecule has 0 aliphatic carbocycles. The van der Waals surface area contributed by atoms with Gasteiger partial charge in [0, 0.05) is 36.7 Å². The van der Waals surface area contributed by atoms with Gasteiger partial charge in [-0.25, -0.2) is 17.9 Å². The lowest BCUT2D eigenvalue weighted by atomic mass is 10.2. The fourth-order valence-corrected chi connectivity index (χ4v) is 5.97. The smallest absolute Gasteiger partial charge is 0.263 e. The molecular formula is C26H36N6O3S. The summed E-state index contributed by atoms with van der Waals surface area (Å²) in [5.74, 6) is -0.0203. The predicted molar refractivity (Wildman–Crippen MR) is 141 cm³/mol. The van der Waals surface area contributed by atoms with E-state index in [1.54, 1.807) is 40.0 Å². The lowest BCUT2D eigenvalue weighted by Crippen LogP contribution is -2.28. The molecule has 0 saturated carbocycles. The fourth-order valence-electron chi connectivity index (χ4n) is 4.56. The Bertz CT molecular complexity index is 1300. The third-order valence-corrected chi connectivity index (χ3v) is 8.39. The molecule has 194 valence electrons. The average molecular weight is 513 g/mol. The Balaban J connectivity index is 1.45. The van der Waals surface area contributed by atoms with Gasteiger partial charge < -0.3 is 16.0 Å². The van der Waals surface area contributed by atoms with Crippen LogP contribution in [-0.4, -0.2) is 54.3 Å². The minimum atomic E-state index is -3.33. The Labute approximate surface area is 213 Å². The van der Waals surface area contributed by atoms with E-state index in [0.29, 0.717) is 48.6 Å². The van der Waals surface area contributed by atoms with Crippen LogP contribution in [0.1, 0.15) is 66.9 Å². The number of nitrogens with one attached hydrogen (secondary N) is 1. The van der Waals surface area contributed by atoms with Crippen molar-refractivity contribution in [2.24, 2.45) is 5.73 Å². The number of carbonyl (C=O) groups excluding carboxylic acids is 1. The van der Waals surface area contributed by atoms with Gasteiger partial charge in [-0.05, 0) is 56.1 Å². The number of unbranched alkanes of at least 4 members (excludes halogenated alkanes) is 4. The second-order valence-electron chi connectivity index (χ2n) is 9.34. The van der Waals surface area contributed by atoms with Crippen LogP contribution >= 0.6 is 0 Å². The number of hydrogen-bond acceptors (Lipinski definition) is 7. The highest BCUT2D eigenvalue weighted by Crippen LogP contribution is 2.32. The predicted octanol–water partition coefficient (Wildman–Crippen LogP) is 3.11. The maximum absolute atomic E-state index is 13.4. The molecule has 2 aromatic heterocycles. The zero-order chi connectivity index (χ0) is 25.5. The van der Waals surface area contributed by atoms with Crippen molar-refractivity contribution in [1.82, 2.24) is 19.9 Å². The van der Waals surface area contributed by atoms with Gasteiger partial charge in [0.05, 0.1) is 16.8 Å². The average Bonchev–Trinajstić information content (AvgIpc) is 3.50. The Kier molecular flexibility index (Phi) is 8.71. The van der Waals surface area contributed by atoms with Gasteiger partial charge in [-0.2, -0.15) is 5.10 Å². The molecular weight excluding hydrogens is 476 g/mol. The van der Waals surface area contributed by atoms with Crippen LogP contribution in [0.15, 0.2) is 41.7 Å². The zero-order valence-corrected chi connectivity index (χ0v) is 21.8. The molecule has 0 atom stereocenters. The van der Waals surface area contributed by atoms with Gasteiger partial charge in [0.1, 0.15) is 5.56 Å². The number of fused-ring (bicyclic) bond motifs is 2. The molecule has 3 N–H and O–H groups in total. The summed E-state index contributed by atoms with van der Waals surface area (Å²) >= 11 is 0. The molecule has 0 bridgehead atoms. The van der Waals surface area contributed by atoms with Gasteiger partial charge in [0.25, 0.3) is 5.91 Å². The van der Waals surface area contributed by atoms with Gasteiger partial charge in [0.15, 0.2) is 15.5 Å². The fraction of sp³-hybridized carbons (Fsp3) is 0.500. The molecule has 4 rings (SSSR count). The first-order valence-corrected chi connectivity index (χ1v) is 14.5. The largest absolute Gasteiger partial charge is 0.330 e. The van der Waals surface area contributed by atoms with E-state index in [-0.39, 0.29) is 11.7 Å². The van der Waals surface area contributed by atoms with Gasteiger partial charge in [-0.15, -0.1) is 0 Å². The molecule has 3 heterocycles. The van der Waals surface area contributed by atoms with Crippen LogP contribution < -0.4 is 16.0 Å². The third-order valence-electron chi connectivity index (χ3n) is 6.59. The van der Waals surface area contributed by atoms with Crippen LogP contribution in [0.5, 0.6) is 0 Å². The number of sulfone groups is 1. The molecule has 36 heavy (non-hydrogen) atoms. The standard InChI is InChI=1S/C26H36N6O3S/c1-2-3-4-5-6-14-36(34,35)22-8-9-24-21(15-22)10-13-31(24)26(33)23-18-30-32-19-20(17-29-25(23)32)16-28-12-7-11-27/h8-9,15,17-19,28H,2-7,10-14,16,27H2,1H3. The lowest BCUT2D eigenvalue weighted by molar-refractivity contribution is 0.0990. The summed E-state index contributed by atoms with van der Waals surface area (Å²) in [7, 11) is -3.33. The molecule has 0 saturated heterocycles. The van der Waals surface area contributed by atoms with Crippen LogP contribution in [0, 0.1) is 0 Å². The van der Waals surface area contributed by atoms with E-state index in [0.717, 1.165) is 55.5 Å².